The molecule has 0 bridgehead atoms. The first kappa shape index (κ1) is 51.3. The molecule has 6 heterocycles. The van der Waals surface area contributed by atoms with Gasteiger partial charge in [0.1, 0.15) is 23.1 Å². The molecule has 372 valence electrons. The van der Waals surface area contributed by atoms with Gasteiger partial charge in [-0.25, -0.2) is 19.1 Å². The van der Waals surface area contributed by atoms with Gasteiger partial charge in [0.15, 0.2) is 0 Å². The number of pyridine rings is 2. The number of aromatic amines is 2. The van der Waals surface area contributed by atoms with Crippen molar-refractivity contribution in [3.63, 3.8) is 0 Å². The Hall–Kier alpha value is -6.54. The lowest BCUT2D eigenvalue weighted by molar-refractivity contribution is -0.274. The molecule has 2 aromatic carbocycles. The molecule has 2 fully saturated rings. The molecule has 0 spiro atoms. The molecule has 22 nitrogen and oxygen atoms in total. The summed E-state index contributed by atoms with van der Waals surface area (Å²) in [6, 6.07) is 16.4. The van der Waals surface area contributed by atoms with Crippen molar-refractivity contribution in [3.8, 4) is 34.0 Å². The molecule has 70 heavy (non-hydrogen) atoms. The first-order valence-electron chi connectivity index (χ1n) is 20.3. The van der Waals surface area contributed by atoms with Crippen LogP contribution < -0.4 is 29.9 Å². The van der Waals surface area contributed by atoms with Gasteiger partial charge in [0.2, 0.25) is 0 Å². The number of benzene rings is 2. The van der Waals surface area contributed by atoms with Crippen LogP contribution in [-0.4, -0.2) is 112 Å². The second kappa shape index (κ2) is 21.2. The lowest BCUT2D eigenvalue weighted by Gasteiger charge is -2.21. The standard InChI is InChI=1S/C20H19ClF2N5O6P.C20H19F3N5O6P/c2*21-20(22,23)33-14-3-1-13(2-4-14)26-19(29)12-9-16(17-5-7-25-27-17)18(24-10-12)28-8-6-15(11-28)34-35(30,31)32/h2*1-5,7,9-10,15H,6,8,11H2,(H,25,27)(H,26,29)(H2,30,31,32)/t2*15-/m11/s1. The maximum Gasteiger partial charge on any atom is 0.573 e. The highest BCUT2D eigenvalue weighted by atomic mass is 35.5. The van der Waals surface area contributed by atoms with E-state index in [0.717, 1.165) is 12.1 Å². The van der Waals surface area contributed by atoms with Crippen molar-refractivity contribution in [2.75, 3.05) is 46.6 Å². The summed E-state index contributed by atoms with van der Waals surface area (Å²) in [5.74, 6) is -0.733. The van der Waals surface area contributed by atoms with E-state index in [4.69, 9.17) is 40.2 Å². The maximum absolute atomic E-state index is 12.8. The summed E-state index contributed by atoms with van der Waals surface area (Å²) in [5, 5.41) is 18.7. The Morgan fingerprint density at radius 2 is 1.06 bits per heavy atom. The van der Waals surface area contributed by atoms with Crippen molar-refractivity contribution < 1.29 is 78.8 Å². The Labute approximate surface area is 396 Å². The van der Waals surface area contributed by atoms with Crippen molar-refractivity contribution in [3.05, 3.63) is 109 Å². The second-order valence-corrected chi connectivity index (χ2v) is 17.9. The number of ether oxygens (including phenoxy) is 2. The molecule has 8 rings (SSSR count). The Morgan fingerprint density at radius 1 is 0.657 bits per heavy atom. The van der Waals surface area contributed by atoms with Gasteiger partial charge < -0.3 is 49.5 Å². The first-order valence-corrected chi connectivity index (χ1v) is 23.7. The van der Waals surface area contributed by atoms with Crippen LogP contribution in [0.15, 0.2) is 97.6 Å². The number of anilines is 4. The Bertz CT molecular complexity index is 2660. The number of halogens is 6. The predicted octanol–water partition coefficient (Wildman–Crippen LogP) is 6.89. The topological polar surface area (TPSA) is 300 Å². The molecule has 0 radical (unpaired) electrons. The van der Waals surface area contributed by atoms with Gasteiger partial charge in [-0.1, -0.05) is 0 Å². The van der Waals surface area contributed by atoms with E-state index >= 15 is 0 Å². The number of aromatic nitrogens is 6. The number of rotatable bonds is 15. The number of H-pyrrole nitrogens is 2. The number of nitrogens with zero attached hydrogens (tertiary/aromatic N) is 6. The Balaban J connectivity index is 0.000000206. The summed E-state index contributed by atoms with van der Waals surface area (Å²) in [4.78, 5) is 74.3. The van der Waals surface area contributed by atoms with Crippen LogP contribution in [-0.2, 0) is 18.2 Å². The van der Waals surface area contributed by atoms with Crippen molar-refractivity contribution in [2.45, 2.75) is 37.0 Å². The SMILES string of the molecule is O=C(Nc1ccc(OC(F)(F)Cl)cc1)c1cnc(N2CC[C@@H](OP(=O)(O)O)C2)c(-c2ccn[nH]2)c1.O=C(Nc1ccc(OC(F)(F)F)cc1)c1cnc(N2CC[C@@H](OP(=O)(O)O)C2)c(-c2ccn[nH]2)c1. The van der Waals surface area contributed by atoms with Gasteiger partial charge in [0.25, 0.3) is 11.8 Å². The molecule has 30 heteroatoms. The zero-order valence-electron chi connectivity index (χ0n) is 35.5. The molecule has 2 atom stereocenters. The molecule has 2 saturated heterocycles. The fourth-order valence-corrected chi connectivity index (χ4v) is 8.37. The monoisotopic (exact) mass is 1040 g/mol. The average molecular weight is 1040 g/mol. The quantitative estimate of drug-likeness (QED) is 0.0295. The van der Waals surface area contributed by atoms with Crippen LogP contribution in [0.3, 0.4) is 0 Å². The van der Waals surface area contributed by atoms with Crippen LogP contribution in [0.5, 0.6) is 11.5 Å². The summed E-state index contributed by atoms with van der Waals surface area (Å²) < 4.78 is 102. The highest BCUT2D eigenvalue weighted by molar-refractivity contribution is 7.46. The molecular formula is C40H38ClF5N10O12P2. The third-order valence-corrected chi connectivity index (χ3v) is 11.2. The molecular weight excluding hydrogens is 1000 g/mol. The molecule has 6 aromatic rings. The van der Waals surface area contributed by atoms with E-state index in [1.54, 1.807) is 34.1 Å². The van der Waals surface area contributed by atoms with E-state index in [-0.39, 0.29) is 35.7 Å². The number of phosphoric ester groups is 2. The van der Waals surface area contributed by atoms with Crippen LogP contribution in [0.4, 0.5) is 45.0 Å². The Morgan fingerprint density at radius 3 is 1.40 bits per heavy atom. The van der Waals surface area contributed by atoms with Gasteiger partial charge in [-0.3, -0.25) is 28.8 Å². The molecule has 0 unspecified atom stereocenters. The van der Waals surface area contributed by atoms with Crippen LogP contribution in [0.2, 0.25) is 0 Å². The number of alkyl halides is 6. The summed E-state index contributed by atoms with van der Waals surface area (Å²) in [6.45, 7) is 1.22. The first-order chi connectivity index (χ1) is 32.9. The number of nitrogens with one attached hydrogen (secondary N) is 4. The molecule has 2 aliphatic rings. The van der Waals surface area contributed by atoms with Gasteiger partial charge >= 0.3 is 27.6 Å². The smallest absolute Gasteiger partial charge is 0.420 e. The normalized spacial score (nSPS) is 16.4. The van der Waals surface area contributed by atoms with Gasteiger partial charge in [0.05, 0.1) is 34.7 Å². The zero-order chi connectivity index (χ0) is 50.4. The van der Waals surface area contributed by atoms with Gasteiger partial charge in [0, 0.05) is 85.1 Å². The van der Waals surface area contributed by atoms with Crippen LogP contribution in [0, 0.1) is 0 Å². The van der Waals surface area contributed by atoms with Crippen molar-refractivity contribution in [1.29, 1.82) is 0 Å². The van der Waals surface area contributed by atoms with Crippen molar-refractivity contribution in [1.82, 2.24) is 30.4 Å². The van der Waals surface area contributed by atoms with Gasteiger partial charge in [-0.05, 0) is 85.6 Å². The third-order valence-electron chi connectivity index (χ3n) is 9.99. The van der Waals surface area contributed by atoms with Crippen molar-refractivity contribution in [2.24, 2.45) is 0 Å². The average Bonchev–Trinajstić information content (AvgIpc) is 4.13. The van der Waals surface area contributed by atoms with Gasteiger partial charge in [-0.2, -0.15) is 10.2 Å². The van der Waals surface area contributed by atoms with Gasteiger partial charge in [-0.15, -0.1) is 22.0 Å². The highest BCUT2D eigenvalue weighted by Crippen LogP contribution is 2.42. The summed E-state index contributed by atoms with van der Waals surface area (Å²) in [5.41, 5.74) is -0.734. The van der Waals surface area contributed by atoms with Crippen LogP contribution in [0.25, 0.3) is 22.5 Å². The molecule has 8 N–H and O–H groups in total. The minimum absolute atomic E-state index is 0.163. The fraction of sp³-hybridized carbons (Fsp3) is 0.250. The highest BCUT2D eigenvalue weighted by Gasteiger charge is 2.34. The number of carbonyl (C=O) groups excluding carboxylic acids is 2. The number of hydrogen-bond acceptors (Lipinski definition) is 14. The maximum atomic E-state index is 12.8. The van der Waals surface area contributed by atoms with E-state index < -0.39 is 57.3 Å². The summed E-state index contributed by atoms with van der Waals surface area (Å²) in [7, 11) is -9.27. The molecule has 0 aliphatic carbocycles. The van der Waals surface area contributed by atoms with E-state index in [2.05, 4.69) is 50.5 Å². The molecule has 0 saturated carbocycles. The Kier molecular flexibility index (Phi) is 15.6. The minimum Gasteiger partial charge on any atom is -0.420 e. The lowest BCUT2D eigenvalue weighted by atomic mass is 10.1. The number of amides is 2. The molecule has 2 amide bonds. The zero-order valence-corrected chi connectivity index (χ0v) is 38.1. The number of hydrogen-bond donors (Lipinski definition) is 8. The summed E-state index contributed by atoms with van der Waals surface area (Å²) >= 11 is 4.74. The number of phosphoric acid groups is 2. The largest absolute Gasteiger partial charge is 0.573 e. The fourth-order valence-electron chi connectivity index (χ4n) is 7.16. The lowest BCUT2D eigenvalue weighted by Crippen LogP contribution is -2.24. The van der Waals surface area contributed by atoms with Crippen LogP contribution >= 0.6 is 27.2 Å². The van der Waals surface area contributed by atoms with E-state index in [9.17, 15) is 40.7 Å². The summed E-state index contributed by atoms with van der Waals surface area (Å²) in [6.07, 6.45) is 0.275. The third kappa shape index (κ3) is 14.7. The van der Waals surface area contributed by atoms with E-state index in [1.807, 2.05) is 0 Å². The minimum atomic E-state index is -4.82. The van der Waals surface area contributed by atoms with Crippen molar-refractivity contribution >= 4 is 62.1 Å². The van der Waals surface area contributed by atoms with Crippen LogP contribution in [0.1, 0.15) is 33.6 Å². The predicted molar refractivity (Wildman–Crippen MR) is 238 cm³/mol. The molecule has 4 aromatic heterocycles. The van der Waals surface area contributed by atoms with E-state index in [1.165, 1.54) is 61.2 Å². The van der Waals surface area contributed by atoms with E-state index in [0.29, 0.717) is 65.8 Å². The number of carbonyl (C=O) groups is 2. The second-order valence-electron chi connectivity index (χ2n) is 15.1. The molecule has 2 aliphatic heterocycles.